The molecule has 3 rings (SSSR count). The van der Waals surface area contributed by atoms with E-state index in [9.17, 15) is 44.7 Å². The number of benzene rings is 2. The molecular formula is C22H22F6N2O4S. The molecule has 13 heteroatoms. The highest BCUT2D eigenvalue weighted by atomic mass is 32.2. The SMILES string of the molecule is CCC(C(N)=O)(c1ccc(C(O)(C(F)(F)F)C(F)(F)F)cc1)c1ccccc1S(=O)(=O)NC1CC1. The van der Waals surface area contributed by atoms with E-state index in [-0.39, 0.29) is 28.5 Å². The fraction of sp³-hybridized carbons (Fsp3) is 0.409. The van der Waals surface area contributed by atoms with E-state index >= 15 is 0 Å². The molecule has 0 aliphatic heterocycles. The van der Waals surface area contributed by atoms with Crippen LogP contribution in [-0.4, -0.2) is 37.8 Å². The molecule has 0 aromatic heterocycles. The maximum absolute atomic E-state index is 13.3. The summed E-state index contributed by atoms with van der Waals surface area (Å²) in [6.45, 7) is 1.47. The first-order valence-corrected chi connectivity index (χ1v) is 11.9. The zero-order valence-electron chi connectivity index (χ0n) is 18.2. The van der Waals surface area contributed by atoms with Crippen LogP contribution in [0.25, 0.3) is 0 Å². The van der Waals surface area contributed by atoms with Crippen molar-refractivity contribution in [2.24, 2.45) is 5.73 Å². The normalized spacial score (nSPS) is 17.1. The Morgan fingerprint density at radius 1 is 0.971 bits per heavy atom. The summed E-state index contributed by atoms with van der Waals surface area (Å²) < 4.78 is 108. The summed E-state index contributed by atoms with van der Waals surface area (Å²) in [5.41, 5.74) is -3.15. The molecule has 0 bridgehead atoms. The average molecular weight is 524 g/mol. The first kappa shape index (κ1) is 27.0. The summed E-state index contributed by atoms with van der Waals surface area (Å²) in [6, 6.07) is 7.47. The quantitative estimate of drug-likeness (QED) is 0.459. The first-order chi connectivity index (χ1) is 16.0. The van der Waals surface area contributed by atoms with Crippen molar-refractivity contribution < 1.29 is 44.7 Å². The van der Waals surface area contributed by atoms with Gasteiger partial charge in [-0.25, -0.2) is 13.1 Å². The standard InChI is InChI=1S/C22H22F6N2O4S/c1-2-19(18(29)31,16-5-3-4-6-17(16)35(33,34)30-15-11-12-15)13-7-9-14(10-8-13)20(32,21(23,24)25)22(26,27)28/h3-10,15,30,32H,2,11-12H2,1H3,(H2,29,31). The Bertz CT molecular complexity index is 1190. The lowest BCUT2D eigenvalue weighted by Crippen LogP contribution is -2.54. The topological polar surface area (TPSA) is 109 Å². The number of primary amides is 1. The number of halogens is 6. The maximum atomic E-state index is 13.3. The Kier molecular flexibility index (Phi) is 6.77. The molecule has 0 spiro atoms. The van der Waals surface area contributed by atoms with Crippen LogP contribution in [0.5, 0.6) is 0 Å². The second kappa shape index (κ2) is 8.79. The third-order valence-corrected chi connectivity index (χ3v) is 7.68. The van der Waals surface area contributed by atoms with Gasteiger partial charge in [-0.2, -0.15) is 26.3 Å². The minimum Gasteiger partial charge on any atom is -0.369 e. The highest BCUT2D eigenvalue weighted by Gasteiger charge is 2.71. The molecule has 6 nitrogen and oxygen atoms in total. The van der Waals surface area contributed by atoms with Crippen LogP contribution in [-0.2, 0) is 25.8 Å². The highest BCUT2D eigenvalue weighted by molar-refractivity contribution is 7.89. The number of nitrogens with two attached hydrogens (primary N) is 1. The fourth-order valence-electron chi connectivity index (χ4n) is 4.02. The van der Waals surface area contributed by atoms with Crippen molar-refractivity contribution in [3.63, 3.8) is 0 Å². The highest BCUT2D eigenvalue weighted by Crippen LogP contribution is 2.50. The third-order valence-electron chi connectivity index (χ3n) is 6.10. The van der Waals surface area contributed by atoms with Crippen LogP contribution in [0, 0.1) is 0 Å². The lowest BCUT2D eigenvalue weighted by Gasteiger charge is -2.35. The fourth-order valence-corrected chi connectivity index (χ4v) is 5.61. The van der Waals surface area contributed by atoms with Gasteiger partial charge in [0.2, 0.25) is 15.9 Å². The van der Waals surface area contributed by atoms with Crippen LogP contribution in [0.4, 0.5) is 26.3 Å². The smallest absolute Gasteiger partial charge is 0.369 e. The third kappa shape index (κ3) is 4.52. The van der Waals surface area contributed by atoms with Gasteiger partial charge in [0.25, 0.3) is 5.60 Å². The molecule has 2 aromatic rings. The van der Waals surface area contributed by atoms with E-state index in [0.29, 0.717) is 25.0 Å². The largest absolute Gasteiger partial charge is 0.430 e. The molecule has 1 amide bonds. The second-order valence-electron chi connectivity index (χ2n) is 8.30. The van der Waals surface area contributed by atoms with E-state index in [0.717, 1.165) is 12.1 Å². The van der Waals surface area contributed by atoms with E-state index in [1.807, 2.05) is 0 Å². The number of aliphatic hydroxyl groups is 1. The Morgan fingerprint density at radius 3 is 1.89 bits per heavy atom. The number of carbonyl (C=O) groups excluding carboxylic acids is 1. The molecule has 4 N–H and O–H groups in total. The molecule has 1 unspecified atom stereocenters. The minimum atomic E-state index is -6.09. The summed E-state index contributed by atoms with van der Waals surface area (Å²) in [5, 5.41) is 9.64. The van der Waals surface area contributed by atoms with Crippen molar-refractivity contribution in [3.05, 3.63) is 65.2 Å². The van der Waals surface area contributed by atoms with Crippen LogP contribution >= 0.6 is 0 Å². The summed E-state index contributed by atoms with van der Waals surface area (Å²) in [5.74, 6) is -1.07. The molecule has 2 aromatic carbocycles. The van der Waals surface area contributed by atoms with Gasteiger partial charge in [-0.1, -0.05) is 49.4 Å². The van der Waals surface area contributed by atoms with Gasteiger partial charge >= 0.3 is 12.4 Å². The predicted octanol–water partition coefficient (Wildman–Crippen LogP) is 3.62. The molecular weight excluding hydrogens is 502 g/mol. The zero-order chi connectivity index (χ0) is 26.4. The number of hydrogen-bond donors (Lipinski definition) is 3. The lowest BCUT2D eigenvalue weighted by molar-refractivity contribution is -0.376. The number of rotatable bonds is 8. The molecule has 192 valence electrons. The Morgan fingerprint density at radius 2 is 1.46 bits per heavy atom. The van der Waals surface area contributed by atoms with Crippen molar-refractivity contribution in [1.29, 1.82) is 0 Å². The van der Waals surface area contributed by atoms with Gasteiger partial charge in [0.15, 0.2) is 0 Å². The van der Waals surface area contributed by atoms with Crippen molar-refractivity contribution in [1.82, 2.24) is 4.72 Å². The summed E-state index contributed by atoms with van der Waals surface area (Å²) in [4.78, 5) is 12.5. The monoisotopic (exact) mass is 524 g/mol. The van der Waals surface area contributed by atoms with Crippen molar-refractivity contribution in [2.75, 3.05) is 0 Å². The first-order valence-electron chi connectivity index (χ1n) is 10.4. The van der Waals surface area contributed by atoms with E-state index in [4.69, 9.17) is 5.73 Å². The predicted molar refractivity (Wildman–Crippen MR) is 112 cm³/mol. The number of sulfonamides is 1. The molecule has 0 saturated heterocycles. The second-order valence-corrected chi connectivity index (χ2v) is 9.98. The average Bonchev–Trinajstić information content (AvgIpc) is 3.56. The van der Waals surface area contributed by atoms with E-state index in [1.54, 1.807) is 0 Å². The van der Waals surface area contributed by atoms with Crippen LogP contribution in [0.2, 0.25) is 0 Å². The van der Waals surface area contributed by atoms with Crippen LogP contribution < -0.4 is 10.5 Å². The Labute approximate surface area is 197 Å². The number of hydrogen-bond acceptors (Lipinski definition) is 4. The van der Waals surface area contributed by atoms with Gasteiger partial charge in [-0.05, 0) is 36.5 Å². The molecule has 1 aliphatic carbocycles. The van der Waals surface area contributed by atoms with Gasteiger partial charge in [-0.15, -0.1) is 0 Å². The van der Waals surface area contributed by atoms with E-state index < -0.39 is 44.9 Å². The molecule has 1 atom stereocenters. The summed E-state index contributed by atoms with van der Waals surface area (Å²) in [6.07, 6.45) is -11.1. The van der Waals surface area contributed by atoms with E-state index in [1.165, 1.54) is 31.2 Å². The van der Waals surface area contributed by atoms with Gasteiger partial charge in [-0.3, -0.25) is 4.79 Å². The van der Waals surface area contributed by atoms with Crippen LogP contribution in [0.15, 0.2) is 53.4 Å². The van der Waals surface area contributed by atoms with Gasteiger partial charge in [0.05, 0.1) is 10.3 Å². The van der Waals surface area contributed by atoms with Crippen LogP contribution in [0.1, 0.15) is 42.9 Å². The lowest BCUT2D eigenvalue weighted by atomic mass is 9.71. The molecule has 0 radical (unpaired) electrons. The van der Waals surface area contributed by atoms with Gasteiger partial charge in [0, 0.05) is 11.6 Å². The zero-order valence-corrected chi connectivity index (χ0v) is 19.1. The molecule has 35 heavy (non-hydrogen) atoms. The minimum absolute atomic E-state index is 0.0854. The summed E-state index contributed by atoms with van der Waals surface area (Å²) in [7, 11) is -4.13. The number of alkyl halides is 6. The number of carbonyl (C=O) groups is 1. The van der Waals surface area contributed by atoms with Gasteiger partial charge < -0.3 is 10.8 Å². The van der Waals surface area contributed by atoms with Crippen molar-refractivity contribution in [2.45, 2.75) is 60.5 Å². The van der Waals surface area contributed by atoms with Crippen molar-refractivity contribution >= 4 is 15.9 Å². The molecule has 1 aliphatic rings. The molecule has 1 fully saturated rings. The van der Waals surface area contributed by atoms with Crippen molar-refractivity contribution in [3.8, 4) is 0 Å². The molecule has 1 saturated carbocycles. The van der Waals surface area contributed by atoms with Gasteiger partial charge in [0.1, 0.15) is 0 Å². The Hall–Kier alpha value is -2.64. The maximum Gasteiger partial charge on any atom is 0.430 e. The number of amides is 1. The van der Waals surface area contributed by atoms with Crippen LogP contribution in [0.3, 0.4) is 0 Å². The number of nitrogens with one attached hydrogen (secondary N) is 1. The molecule has 0 heterocycles. The van der Waals surface area contributed by atoms with E-state index in [2.05, 4.69) is 4.72 Å². The summed E-state index contributed by atoms with van der Waals surface area (Å²) >= 11 is 0. The Balaban J connectivity index is 2.21.